The average molecular weight is 294 g/mol. The molecule has 0 aromatic carbocycles. The Morgan fingerprint density at radius 3 is 2.14 bits per heavy atom. The van der Waals surface area contributed by atoms with Crippen LogP contribution in [0.15, 0.2) is 0 Å². The molecule has 1 rings (SSSR count). The van der Waals surface area contributed by atoms with E-state index in [4.69, 9.17) is 10.00 Å². The molecule has 4 nitrogen and oxygen atoms in total. The van der Waals surface area contributed by atoms with Gasteiger partial charge in [-0.15, -0.1) is 0 Å². The van der Waals surface area contributed by atoms with Crippen LogP contribution in [-0.4, -0.2) is 17.2 Å². The topological polar surface area (TPSA) is 62.1 Å². The standard InChI is InChI=1S/C17H30N2O2/c1-16(2,3)21-15(20)19-17(4)11-7-5-9-14(13-18)10-6-8-12-17/h14H,5-12H2,1-4H3,(H,19,20). The largest absolute Gasteiger partial charge is 0.444 e. The van der Waals surface area contributed by atoms with Crippen LogP contribution >= 0.6 is 0 Å². The van der Waals surface area contributed by atoms with Crippen molar-refractivity contribution in [2.24, 2.45) is 5.92 Å². The number of nitrogens with one attached hydrogen (secondary N) is 1. The number of ether oxygens (including phenoxy) is 1. The second-order valence-corrected chi connectivity index (χ2v) is 7.51. The van der Waals surface area contributed by atoms with Gasteiger partial charge in [-0.1, -0.05) is 25.7 Å². The van der Waals surface area contributed by atoms with Gasteiger partial charge in [-0.05, 0) is 53.4 Å². The normalized spacial score (nSPS) is 28.2. The Labute approximate surface area is 129 Å². The Bertz CT molecular complexity index is 367. The number of hydrogen-bond donors (Lipinski definition) is 1. The van der Waals surface area contributed by atoms with E-state index in [1.54, 1.807) is 0 Å². The maximum Gasteiger partial charge on any atom is 0.408 e. The highest BCUT2D eigenvalue weighted by Crippen LogP contribution is 2.27. The van der Waals surface area contributed by atoms with Crippen LogP contribution in [-0.2, 0) is 4.74 Å². The molecular formula is C17H30N2O2. The van der Waals surface area contributed by atoms with Gasteiger partial charge in [0.05, 0.1) is 6.07 Å². The summed E-state index contributed by atoms with van der Waals surface area (Å²) in [6.07, 6.45) is 7.76. The smallest absolute Gasteiger partial charge is 0.408 e. The van der Waals surface area contributed by atoms with Crippen LogP contribution in [0.5, 0.6) is 0 Å². The zero-order valence-corrected chi connectivity index (χ0v) is 14.0. The summed E-state index contributed by atoms with van der Waals surface area (Å²) >= 11 is 0. The number of amides is 1. The Hall–Kier alpha value is -1.24. The van der Waals surface area contributed by atoms with E-state index in [9.17, 15) is 4.79 Å². The highest BCUT2D eigenvalue weighted by atomic mass is 16.6. The van der Waals surface area contributed by atoms with Crippen LogP contribution in [0.4, 0.5) is 4.79 Å². The van der Waals surface area contributed by atoms with E-state index in [1.807, 2.05) is 20.8 Å². The van der Waals surface area contributed by atoms with E-state index in [0.29, 0.717) is 0 Å². The maximum absolute atomic E-state index is 12.0. The third-order valence-electron chi connectivity index (χ3n) is 4.05. The fourth-order valence-electron chi connectivity index (χ4n) is 2.89. The van der Waals surface area contributed by atoms with Gasteiger partial charge < -0.3 is 10.1 Å². The van der Waals surface area contributed by atoms with E-state index < -0.39 is 5.60 Å². The lowest BCUT2D eigenvalue weighted by Crippen LogP contribution is -2.48. The zero-order chi connectivity index (χ0) is 15.9. The van der Waals surface area contributed by atoms with Gasteiger partial charge in [-0.3, -0.25) is 0 Å². The van der Waals surface area contributed by atoms with Crippen molar-refractivity contribution in [3.05, 3.63) is 0 Å². The summed E-state index contributed by atoms with van der Waals surface area (Å²) in [5, 5.41) is 12.1. The molecule has 0 saturated heterocycles. The molecule has 0 aromatic heterocycles. The van der Waals surface area contributed by atoms with E-state index in [0.717, 1.165) is 51.4 Å². The van der Waals surface area contributed by atoms with Crippen molar-refractivity contribution < 1.29 is 9.53 Å². The minimum atomic E-state index is -0.462. The molecule has 1 aliphatic rings. The lowest BCUT2D eigenvalue weighted by atomic mass is 9.84. The molecule has 1 aliphatic carbocycles. The number of nitrogens with zero attached hydrogens (tertiary/aromatic N) is 1. The zero-order valence-electron chi connectivity index (χ0n) is 14.0. The highest BCUT2D eigenvalue weighted by molar-refractivity contribution is 5.68. The molecule has 120 valence electrons. The second-order valence-electron chi connectivity index (χ2n) is 7.51. The summed E-state index contributed by atoms with van der Waals surface area (Å²) in [4.78, 5) is 12.0. The molecule has 0 bridgehead atoms. The van der Waals surface area contributed by atoms with Crippen molar-refractivity contribution in [2.75, 3.05) is 0 Å². The Morgan fingerprint density at radius 1 is 1.19 bits per heavy atom. The number of nitriles is 1. The lowest BCUT2D eigenvalue weighted by molar-refractivity contribution is 0.0448. The van der Waals surface area contributed by atoms with Crippen molar-refractivity contribution in [3.8, 4) is 6.07 Å². The molecule has 1 N–H and O–H groups in total. The Kier molecular flexibility index (Phi) is 6.51. The molecule has 0 radical (unpaired) electrons. The second kappa shape index (κ2) is 7.68. The molecule has 0 heterocycles. The molecule has 0 spiro atoms. The van der Waals surface area contributed by atoms with Crippen LogP contribution in [0.1, 0.15) is 79.1 Å². The van der Waals surface area contributed by atoms with Gasteiger partial charge in [0, 0.05) is 11.5 Å². The Balaban J connectivity index is 2.55. The molecule has 21 heavy (non-hydrogen) atoms. The first-order valence-corrected chi connectivity index (χ1v) is 8.15. The van der Waals surface area contributed by atoms with E-state index in [2.05, 4.69) is 18.3 Å². The lowest BCUT2D eigenvalue weighted by Gasteiger charge is -2.33. The van der Waals surface area contributed by atoms with Gasteiger partial charge in [0.25, 0.3) is 0 Å². The highest BCUT2D eigenvalue weighted by Gasteiger charge is 2.29. The Morgan fingerprint density at radius 2 is 1.71 bits per heavy atom. The summed E-state index contributed by atoms with van der Waals surface area (Å²) in [7, 11) is 0. The molecule has 0 atom stereocenters. The monoisotopic (exact) mass is 294 g/mol. The van der Waals surface area contributed by atoms with Crippen molar-refractivity contribution >= 4 is 6.09 Å². The van der Waals surface area contributed by atoms with Gasteiger partial charge in [0.15, 0.2) is 0 Å². The van der Waals surface area contributed by atoms with Crippen molar-refractivity contribution in [3.63, 3.8) is 0 Å². The van der Waals surface area contributed by atoms with Gasteiger partial charge in [0.2, 0.25) is 0 Å². The average Bonchev–Trinajstić information content (AvgIpc) is 2.34. The third-order valence-corrected chi connectivity index (χ3v) is 4.05. The van der Waals surface area contributed by atoms with Gasteiger partial charge in [-0.2, -0.15) is 5.26 Å². The molecule has 0 aromatic rings. The molecule has 1 saturated carbocycles. The number of carbonyl (C=O) groups is 1. The minimum Gasteiger partial charge on any atom is -0.444 e. The summed E-state index contributed by atoms with van der Waals surface area (Å²) in [6.45, 7) is 7.75. The quantitative estimate of drug-likeness (QED) is 0.772. The van der Waals surface area contributed by atoms with Gasteiger partial charge in [-0.25, -0.2) is 4.79 Å². The summed E-state index contributed by atoms with van der Waals surface area (Å²) < 4.78 is 5.38. The number of hydrogen-bond acceptors (Lipinski definition) is 3. The van der Waals surface area contributed by atoms with Crippen LogP contribution in [0.25, 0.3) is 0 Å². The van der Waals surface area contributed by atoms with Crippen molar-refractivity contribution in [1.29, 1.82) is 5.26 Å². The van der Waals surface area contributed by atoms with E-state index in [-0.39, 0.29) is 17.6 Å². The molecular weight excluding hydrogens is 264 g/mol. The maximum atomic E-state index is 12.0. The molecule has 0 aliphatic heterocycles. The van der Waals surface area contributed by atoms with Crippen molar-refractivity contribution in [1.82, 2.24) is 5.32 Å². The fraction of sp³-hybridized carbons (Fsp3) is 0.882. The predicted molar refractivity (Wildman–Crippen MR) is 83.8 cm³/mol. The third kappa shape index (κ3) is 7.36. The van der Waals surface area contributed by atoms with Gasteiger partial charge >= 0.3 is 6.09 Å². The fourth-order valence-corrected chi connectivity index (χ4v) is 2.89. The summed E-state index contributed by atoms with van der Waals surface area (Å²) in [6, 6.07) is 2.41. The number of carbonyl (C=O) groups excluding carboxylic acids is 1. The summed E-state index contributed by atoms with van der Waals surface area (Å²) in [5.74, 6) is 0.216. The summed E-state index contributed by atoms with van der Waals surface area (Å²) in [5.41, 5.74) is -0.655. The molecule has 1 fully saturated rings. The van der Waals surface area contributed by atoms with Crippen LogP contribution < -0.4 is 5.32 Å². The van der Waals surface area contributed by atoms with Crippen LogP contribution in [0, 0.1) is 17.2 Å². The van der Waals surface area contributed by atoms with E-state index in [1.165, 1.54) is 0 Å². The SMILES string of the molecule is CC1(NC(=O)OC(C)(C)C)CCCCC(C#N)CCCC1. The first-order chi connectivity index (χ1) is 9.74. The van der Waals surface area contributed by atoms with Crippen LogP contribution in [0.3, 0.4) is 0 Å². The number of alkyl carbamates (subject to hydrolysis) is 1. The van der Waals surface area contributed by atoms with Crippen LogP contribution in [0.2, 0.25) is 0 Å². The first-order valence-electron chi connectivity index (χ1n) is 8.15. The predicted octanol–water partition coefficient (Wildman–Crippen LogP) is 4.54. The van der Waals surface area contributed by atoms with Crippen molar-refractivity contribution in [2.45, 2.75) is 90.2 Å². The first kappa shape index (κ1) is 17.8. The molecule has 1 amide bonds. The minimum absolute atomic E-state index is 0.193. The number of rotatable bonds is 1. The van der Waals surface area contributed by atoms with Gasteiger partial charge in [0.1, 0.15) is 5.60 Å². The molecule has 0 unspecified atom stereocenters. The van der Waals surface area contributed by atoms with E-state index >= 15 is 0 Å². The molecule has 4 heteroatoms.